The van der Waals surface area contributed by atoms with E-state index in [4.69, 9.17) is 4.74 Å². The fourth-order valence-corrected chi connectivity index (χ4v) is 3.38. The summed E-state index contributed by atoms with van der Waals surface area (Å²) in [4.78, 5) is 49.8. The Bertz CT molecular complexity index is 891. The monoisotopic (exact) mass is 410 g/mol. The molecule has 3 rings (SSSR count). The van der Waals surface area contributed by atoms with Crippen molar-refractivity contribution >= 4 is 29.4 Å². The average Bonchev–Trinajstić information content (AvgIpc) is 2.96. The minimum absolute atomic E-state index is 0.412. The minimum Gasteiger partial charge on any atom is -0.454 e. The lowest BCUT2D eigenvalue weighted by Crippen LogP contribution is -2.45. The molecule has 154 valence electrons. The molecule has 10 heteroatoms. The fraction of sp³-hybridized carbons (Fsp3) is 0.368. The maximum atomic E-state index is 13.6. The SMILES string of the molecule is C[C@@H](C(=O)OCC(=O)Nc1ccc(F)c(F)c1F)N1C(=O)[C@H]2CC=CC[C@H]2C1=O. The highest BCUT2D eigenvalue weighted by Crippen LogP contribution is 2.36. The number of nitrogens with zero attached hydrogens (tertiary/aromatic N) is 1. The number of ether oxygens (including phenoxy) is 1. The molecule has 0 aromatic heterocycles. The second kappa shape index (κ2) is 8.06. The Kier molecular flexibility index (Phi) is 5.71. The van der Waals surface area contributed by atoms with Crippen LogP contribution in [0.25, 0.3) is 0 Å². The van der Waals surface area contributed by atoms with Crippen molar-refractivity contribution in [2.75, 3.05) is 11.9 Å². The summed E-state index contributed by atoms with van der Waals surface area (Å²) < 4.78 is 44.4. The van der Waals surface area contributed by atoms with E-state index in [-0.39, 0.29) is 0 Å². The zero-order valence-electron chi connectivity index (χ0n) is 15.3. The topological polar surface area (TPSA) is 92.8 Å². The number of allylic oxidation sites excluding steroid dienone is 2. The van der Waals surface area contributed by atoms with Gasteiger partial charge in [-0.05, 0) is 31.9 Å². The first kappa shape index (κ1) is 20.6. The standard InChI is InChI=1S/C19H17F3N2O5/c1-9(24-17(26)10-4-2-3-5-11(10)18(24)27)19(28)29-8-14(25)23-13-7-6-12(20)15(21)16(13)22/h2-3,6-7,9-11H,4-5,8H2,1H3,(H,23,25)/t9-,10-,11+/m0/s1. The normalized spacial score (nSPS) is 21.7. The molecule has 3 amide bonds. The number of rotatable bonds is 5. The quantitative estimate of drug-likeness (QED) is 0.347. The van der Waals surface area contributed by atoms with Crippen molar-refractivity contribution in [2.24, 2.45) is 11.8 Å². The molecule has 1 fully saturated rings. The van der Waals surface area contributed by atoms with Crippen molar-refractivity contribution in [2.45, 2.75) is 25.8 Å². The molecule has 0 bridgehead atoms. The Balaban J connectivity index is 1.58. The molecule has 0 unspecified atom stereocenters. The number of imide groups is 1. The number of esters is 1. The van der Waals surface area contributed by atoms with Gasteiger partial charge < -0.3 is 10.1 Å². The summed E-state index contributed by atoms with van der Waals surface area (Å²) in [7, 11) is 0. The number of benzene rings is 1. The number of anilines is 1. The van der Waals surface area contributed by atoms with Gasteiger partial charge in [0.05, 0.1) is 17.5 Å². The lowest BCUT2D eigenvalue weighted by atomic mass is 9.85. The highest BCUT2D eigenvalue weighted by atomic mass is 19.2. The molecule has 0 saturated carbocycles. The number of halogens is 3. The summed E-state index contributed by atoms with van der Waals surface area (Å²) in [6.45, 7) is 0.433. The third-order valence-corrected chi connectivity index (χ3v) is 4.92. The number of nitrogens with one attached hydrogen (secondary N) is 1. The van der Waals surface area contributed by atoms with Crippen molar-refractivity contribution in [1.82, 2.24) is 4.90 Å². The van der Waals surface area contributed by atoms with E-state index in [1.165, 1.54) is 6.92 Å². The Hall–Kier alpha value is -3.17. The van der Waals surface area contributed by atoms with E-state index in [1.807, 2.05) is 5.32 Å². The van der Waals surface area contributed by atoms with Crippen LogP contribution in [0.4, 0.5) is 18.9 Å². The predicted molar refractivity (Wildman–Crippen MR) is 92.6 cm³/mol. The Labute approximate surface area is 163 Å². The maximum Gasteiger partial charge on any atom is 0.329 e. The Morgan fingerprint density at radius 3 is 2.28 bits per heavy atom. The van der Waals surface area contributed by atoms with E-state index >= 15 is 0 Å². The van der Waals surface area contributed by atoms with Gasteiger partial charge in [-0.3, -0.25) is 19.3 Å². The van der Waals surface area contributed by atoms with Crippen molar-refractivity contribution < 1.29 is 37.1 Å². The molecular formula is C19H17F3N2O5. The largest absolute Gasteiger partial charge is 0.454 e. The maximum absolute atomic E-state index is 13.6. The summed E-state index contributed by atoms with van der Waals surface area (Å²) in [5.41, 5.74) is -0.625. The van der Waals surface area contributed by atoms with Crippen LogP contribution in [0.1, 0.15) is 19.8 Å². The highest BCUT2D eigenvalue weighted by molar-refractivity contribution is 6.08. The van der Waals surface area contributed by atoms with Gasteiger partial charge in [-0.2, -0.15) is 0 Å². The van der Waals surface area contributed by atoms with Crippen molar-refractivity contribution in [1.29, 1.82) is 0 Å². The smallest absolute Gasteiger partial charge is 0.329 e. The van der Waals surface area contributed by atoms with E-state index in [9.17, 15) is 32.3 Å². The van der Waals surface area contributed by atoms with Crippen molar-refractivity contribution in [3.63, 3.8) is 0 Å². The van der Waals surface area contributed by atoms with E-state index < -0.39 is 71.3 Å². The number of hydrogen-bond donors (Lipinski definition) is 1. The number of carbonyl (C=O) groups is 4. The molecule has 1 aromatic rings. The van der Waals surface area contributed by atoms with E-state index in [0.29, 0.717) is 18.9 Å². The molecule has 1 heterocycles. The zero-order valence-corrected chi connectivity index (χ0v) is 15.3. The van der Waals surface area contributed by atoms with Gasteiger partial charge in [0, 0.05) is 0 Å². The molecule has 1 aromatic carbocycles. The van der Waals surface area contributed by atoms with Crippen LogP contribution in [0.3, 0.4) is 0 Å². The van der Waals surface area contributed by atoms with Gasteiger partial charge in [-0.15, -0.1) is 0 Å². The minimum atomic E-state index is -1.75. The van der Waals surface area contributed by atoms with Crippen LogP contribution in [0, 0.1) is 29.3 Å². The van der Waals surface area contributed by atoms with Crippen molar-refractivity contribution in [3.05, 3.63) is 41.7 Å². The van der Waals surface area contributed by atoms with Gasteiger partial charge in [0.1, 0.15) is 6.04 Å². The van der Waals surface area contributed by atoms with Gasteiger partial charge in [0.2, 0.25) is 11.8 Å². The summed E-state index contributed by atoms with van der Waals surface area (Å²) in [5.74, 6) is -8.74. The van der Waals surface area contributed by atoms with Gasteiger partial charge in [-0.1, -0.05) is 12.2 Å². The van der Waals surface area contributed by atoms with Gasteiger partial charge in [0.25, 0.3) is 5.91 Å². The zero-order chi connectivity index (χ0) is 21.3. The first-order valence-electron chi connectivity index (χ1n) is 8.84. The predicted octanol–water partition coefficient (Wildman–Crippen LogP) is 1.93. The first-order valence-corrected chi connectivity index (χ1v) is 8.84. The van der Waals surface area contributed by atoms with Crippen LogP contribution in [0.15, 0.2) is 24.3 Å². The molecular weight excluding hydrogens is 393 g/mol. The summed E-state index contributed by atoms with van der Waals surface area (Å²) in [6.07, 6.45) is 4.44. The van der Waals surface area contributed by atoms with Crippen LogP contribution >= 0.6 is 0 Å². The number of fused-ring (bicyclic) bond motifs is 1. The Morgan fingerprint density at radius 1 is 1.10 bits per heavy atom. The van der Waals surface area contributed by atoms with E-state index in [2.05, 4.69) is 0 Å². The molecule has 1 N–H and O–H groups in total. The lowest BCUT2D eigenvalue weighted by Gasteiger charge is -2.21. The number of hydrogen-bond acceptors (Lipinski definition) is 5. The molecule has 1 aliphatic heterocycles. The summed E-state index contributed by atoms with van der Waals surface area (Å²) in [5, 5.41) is 1.95. The van der Waals surface area contributed by atoms with Crippen LogP contribution < -0.4 is 5.32 Å². The second-order valence-corrected chi connectivity index (χ2v) is 6.76. The van der Waals surface area contributed by atoms with Crippen molar-refractivity contribution in [3.8, 4) is 0 Å². The molecule has 1 saturated heterocycles. The highest BCUT2D eigenvalue weighted by Gasteiger charge is 2.50. The molecule has 29 heavy (non-hydrogen) atoms. The van der Waals surface area contributed by atoms with Gasteiger partial charge in [0.15, 0.2) is 24.1 Å². The van der Waals surface area contributed by atoms with E-state index in [0.717, 1.165) is 11.0 Å². The van der Waals surface area contributed by atoms with Gasteiger partial charge in [-0.25, -0.2) is 18.0 Å². The Morgan fingerprint density at radius 2 is 1.69 bits per heavy atom. The summed E-state index contributed by atoms with van der Waals surface area (Å²) in [6, 6.07) is 0.197. The number of carbonyl (C=O) groups excluding carboxylic acids is 4. The molecule has 1 aliphatic carbocycles. The third-order valence-electron chi connectivity index (χ3n) is 4.92. The molecule has 0 spiro atoms. The number of likely N-dealkylation sites (tertiary alicyclic amines) is 1. The van der Waals surface area contributed by atoms with Crippen LogP contribution in [0.5, 0.6) is 0 Å². The fourth-order valence-electron chi connectivity index (χ4n) is 3.38. The van der Waals surface area contributed by atoms with Crippen LogP contribution in [0.2, 0.25) is 0 Å². The third kappa shape index (κ3) is 3.87. The van der Waals surface area contributed by atoms with Crippen LogP contribution in [-0.4, -0.2) is 41.2 Å². The second-order valence-electron chi connectivity index (χ2n) is 6.76. The number of amides is 3. The van der Waals surface area contributed by atoms with E-state index in [1.54, 1.807) is 12.2 Å². The first-order chi connectivity index (χ1) is 13.7. The summed E-state index contributed by atoms with van der Waals surface area (Å²) >= 11 is 0. The molecule has 7 nitrogen and oxygen atoms in total. The lowest BCUT2D eigenvalue weighted by molar-refractivity contribution is -0.159. The molecule has 3 atom stereocenters. The van der Waals surface area contributed by atoms with Crippen LogP contribution in [-0.2, 0) is 23.9 Å². The molecule has 2 aliphatic rings. The molecule has 0 radical (unpaired) electrons. The van der Waals surface area contributed by atoms with Gasteiger partial charge >= 0.3 is 5.97 Å². The average molecular weight is 410 g/mol.